The summed E-state index contributed by atoms with van der Waals surface area (Å²) in [7, 11) is 0. The van der Waals surface area contributed by atoms with Gasteiger partial charge in [-0.05, 0) is 23.8 Å². The molecule has 1 nitrogen and oxygen atoms in total. The molecule has 0 aliphatic carbocycles. The zero-order valence-corrected chi connectivity index (χ0v) is 10.8. The van der Waals surface area contributed by atoms with E-state index in [0.717, 1.165) is 12.1 Å². The van der Waals surface area contributed by atoms with E-state index in [1.54, 1.807) is 0 Å². The fourth-order valence-electron chi connectivity index (χ4n) is 1.14. The van der Waals surface area contributed by atoms with Gasteiger partial charge in [-0.25, -0.2) is 0 Å². The Morgan fingerprint density at radius 1 is 0.944 bits per heavy atom. The van der Waals surface area contributed by atoms with E-state index in [0.29, 0.717) is 0 Å². The van der Waals surface area contributed by atoms with Crippen LogP contribution in [0.15, 0.2) is 18.2 Å². The van der Waals surface area contributed by atoms with Crippen molar-refractivity contribution in [3.8, 4) is 0 Å². The summed E-state index contributed by atoms with van der Waals surface area (Å²) >= 11 is 11.0. The van der Waals surface area contributed by atoms with E-state index in [4.69, 9.17) is 28.9 Å². The SMILES string of the molecule is Cl.N[C@@H](c1cc(Cl)cc(Cl)c1)C(F)(F)C(F)(F)F. The third-order valence-corrected chi connectivity index (χ3v) is 2.45. The van der Waals surface area contributed by atoms with Gasteiger partial charge in [0.25, 0.3) is 0 Å². The minimum Gasteiger partial charge on any atom is -0.319 e. The molecule has 0 spiro atoms. The van der Waals surface area contributed by atoms with Crippen molar-refractivity contribution >= 4 is 35.6 Å². The van der Waals surface area contributed by atoms with E-state index < -0.39 is 23.7 Å². The van der Waals surface area contributed by atoms with Crippen molar-refractivity contribution in [1.82, 2.24) is 0 Å². The Kier molecular flexibility index (Phi) is 5.68. The maximum atomic E-state index is 12.9. The van der Waals surface area contributed by atoms with E-state index in [1.807, 2.05) is 0 Å². The number of rotatable bonds is 2. The average molecular weight is 331 g/mol. The van der Waals surface area contributed by atoms with Crippen LogP contribution in [0.1, 0.15) is 11.6 Å². The molecule has 1 rings (SSSR count). The molecule has 1 atom stereocenters. The summed E-state index contributed by atoms with van der Waals surface area (Å²) in [5, 5.41) is -0.137. The van der Waals surface area contributed by atoms with Gasteiger partial charge in [0.1, 0.15) is 6.04 Å². The van der Waals surface area contributed by atoms with E-state index in [2.05, 4.69) is 0 Å². The minimum atomic E-state index is -5.73. The van der Waals surface area contributed by atoms with Gasteiger partial charge < -0.3 is 5.73 Å². The van der Waals surface area contributed by atoms with E-state index >= 15 is 0 Å². The summed E-state index contributed by atoms with van der Waals surface area (Å²) in [5.41, 5.74) is 4.43. The molecule has 2 N–H and O–H groups in total. The third-order valence-electron chi connectivity index (χ3n) is 2.01. The van der Waals surface area contributed by atoms with E-state index in [9.17, 15) is 22.0 Å². The Balaban J connectivity index is 0.00000289. The van der Waals surface area contributed by atoms with Crippen molar-refractivity contribution in [3.63, 3.8) is 0 Å². The predicted molar refractivity (Wildman–Crippen MR) is 61.6 cm³/mol. The van der Waals surface area contributed by atoms with Crippen LogP contribution in [0.2, 0.25) is 10.0 Å². The largest absolute Gasteiger partial charge is 0.455 e. The first-order chi connectivity index (χ1) is 7.55. The lowest BCUT2D eigenvalue weighted by Gasteiger charge is -2.26. The summed E-state index contributed by atoms with van der Waals surface area (Å²) in [6.45, 7) is 0. The molecule has 0 amide bonds. The van der Waals surface area contributed by atoms with Gasteiger partial charge in [-0.15, -0.1) is 12.4 Å². The van der Waals surface area contributed by atoms with Crippen LogP contribution in [-0.2, 0) is 0 Å². The summed E-state index contributed by atoms with van der Waals surface area (Å²) in [6, 6.07) is 0.472. The first kappa shape index (κ1) is 17.7. The molecule has 0 aromatic heterocycles. The maximum Gasteiger partial charge on any atom is 0.455 e. The highest BCUT2D eigenvalue weighted by Crippen LogP contribution is 2.43. The van der Waals surface area contributed by atoms with Crippen LogP contribution in [0.25, 0.3) is 0 Å². The lowest BCUT2D eigenvalue weighted by atomic mass is 10.0. The first-order valence-electron chi connectivity index (χ1n) is 4.22. The Bertz CT molecular complexity index is 401. The standard InChI is InChI=1S/C9H6Cl2F5N.ClH/c10-5-1-4(2-6(11)3-5)7(17)8(12,13)9(14,15)16;/h1-3,7H,17H2;1H/t7-;/m0./s1. The average Bonchev–Trinajstić information content (AvgIpc) is 2.13. The maximum absolute atomic E-state index is 12.9. The number of halogens is 8. The Morgan fingerprint density at radius 3 is 1.67 bits per heavy atom. The van der Waals surface area contributed by atoms with Gasteiger partial charge in [0.05, 0.1) is 0 Å². The second-order valence-corrected chi connectivity index (χ2v) is 4.17. The number of alkyl halides is 5. The first-order valence-corrected chi connectivity index (χ1v) is 4.97. The second-order valence-electron chi connectivity index (χ2n) is 3.30. The highest BCUT2D eigenvalue weighted by atomic mass is 35.5. The lowest BCUT2D eigenvalue weighted by Crippen LogP contribution is -2.45. The van der Waals surface area contributed by atoms with Crippen LogP contribution in [0.3, 0.4) is 0 Å². The molecule has 0 heterocycles. The topological polar surface area (TPSA) is 26.0 Å². The van der Waals surface area contributed by atoms with Crippen molar-refractivity contribution in [2.24, 2.45) is 5.73 Å². The molecule has 0 aliphatic rings. The number of nitrogens with two attached hydrogens (primary N) is 1. The monoisotopic (exact) mass is 329 g/mol. The molecule has 0 saturated heterocycles. The number of hydrogen-bond donors (Lipinski definition) is 1. The highest BCUT2D eigenvalue weighted by Gasteiger charge is 2.61. The van der Waals surface area contributed by atoms with Crippen molar-refractivity contribution in [2.75, 3.05) is 0 Å². The van der Waals surface area contributed by atoms with Gasteiger partial charge >= 0.3 is 12.1 Å². The van der Waals surface area contributed by atoms with Crippen LogP contribution in [0.4, 0.5) is 22.0 Å². The van der Waals surface area contributed by atoms with Gasteiger partial charge in [0.15, 0.2) is 0 Å². The van der Waals surface area contributed by atoms with Crippen LogP contribution in [0, 0.1) is 0 Å². The summed E-state index contributed by atoms with van der Waals surface area (Å²) < 4.78 is 62.1. The van der Waals surface area contributed by atoms with Crippen LogP contribution in [-0.4, -0.2) is 12.1 Å². The third kappa shape index (κ3) is 3.60. The molecule has 1 aromatic rings. The molecule has 18 heavy (non-hydrogen) atoms. The van der Waals surface area contributed by atoms with Crippen molar-refractivity contribution < 1.29 is 22.0 Å². The van der Waals surface area contributed by atoms with Gasteiger partial charge in [-0.3, -0.25) is 0 Å². The van der Waals surface area contributed by atoms with Crippen LogP contribution in [0.5, 0.6) is 0 Å². The van der Waals surface area contributed by atoms with Gasteiger partial charge in [-0.2, -0.15) is 22.0 Å². The molecule has 0 saturated carbocycles. The normalized spacial score (nSPS) is 14.0. The lowest BCUT2D eigenvalue weighted by molar-refractivity contribution is -0.291. The molecule has 0 bridgehead atoms. The molecular formula is C9H7Cl3F5N. The van der Waals surface area contributed by atoms with Gasteiger partial charge in [0.2, 0.25) is 0 Å². The summed E-state index contributed by atoms with van der Waals surface area (Å²) in [6.07, 6.45) is -5.73. The van der Waals surface area contributed by atoms with Crippen LogP contribution < -0.4 is 5.73 Å². The molecule has 9 heteroatoms. The fraction of sp³-hybridized carbons (Fsp3) is 0.333. The number of hydrogen-bond acceptors (Lipinski definition) is 1. The smallest absolute Gasteiger partial charge is 0.319 e. The second kappa shape index (κ2) is 5.77. The molecule has 1 aromatic carbocycles. The Labute approximate surface area is 115 Å². The molecule has 0 radical (unpaired) electrons. The Hall–Kier alpha value is -0.300. The van der Waals surface area contributed by atoms with E-state index in [1.165, 1.54) is 6.07 Å². The number of benzene rings is 1. The van der Waals surface area contributed by atoms with Crippen molar-refractivity contribution in [1.29, 1.82) is 0 Å². The summed E-state index contributed by atoms with van der Waals surface area (Å²) in [4.78, 5) is 0. The van der Waals surface area contributed by atoms with Crippen LogP contribution >= 0.6 is 35.6 Å². The van der Waals surface area contributed by atoms with E-state index in [-0.39, 0.29) is 22.5 Å². The molecular weight excluding hydrogens is 323 g/mol. The molecule has 104 valence electrons. The molecule has 0 aliphatic heterocycles. The quantitative estimate of drug-likeness (QED) is 0.787. The highest BCUT2D eigenvalue weighted by molar-refractivity contribution is 6.34. The van der Waals surface area contributed by atoms with Gasteiger partial charge in [0, 0.05) is 10.0 Å². The zero-order valence-electron chi connectivity index (χ0n) is 8.44. The minimum absolute atomic E-state index is 0. The fourth-order valence-corrected chi connectivity index (χ4v) is 1.68. The van der Waals surface area contributed by atoms with Crippen molar-refractivity contribution in [2.45, 2.75) is 18.1 Å². The molecule has 0 unspecified atom stereocenters. The zero-order chi connectivity index (χ0) is 13.4. The summed E-state index contributed by atoms with van der Waals surface area (Å²) in [5.74, 6) is -5.05. The van der Waals surface area contributed by atoms with Gasteiger partial charge in [-0.1, -0.05) is 23.2 Å². The Morgan fingerprint density at radius 2 is 1.33 bits per heavy atom. The molecule has 0 fully saturated rings. The predicted octanol–water partition coefficient (Wildman–Crippen LogP) is 4.61. The van der Waals surface area contributed by atoms with Crippen molar-refractivity contribution in [3.05, 3.63) is 33.8 Å².